The maximum atomic E-state index is 5.86. The number of rotatable bonds is 7. The molecule has 3 rings (SSSR count). The minimum absolute atomic E-state index is 0.819. The van der Waals surface area contributed by atoms with Crippen molar-refractivity contribution >= 4 is 17.6 Å². The first-order valence-corrected chi connectivity index (χ1v) is 10.0. The van der Waals surface area contributed by atoms with E-state index in [1.54, 1.807) is 11.8 Å². The van der Waals surface area contributed by atoms with Gasteiger partial charge in [0, 0.05) is 24.2 Å². The average Bonchev–Trinajstić information content (AvgIpc) is 2.67. The van der Waals surface area contributed by atoms with Gasteiger partial charge in [-0.3, -0.25) is 0 Å². The molecule has 0 unspecified atom stereocenters. The smallest absolute Gasteiger partial charge is 0.128 e. The molecule has 128 valence electrons. The van der Waals surface area contributed by atoms with E-state index in [4.69, 9.17) is 4.74 Å². The van der Waals surface area contributed by atoms with Crippen molar-refractivity contribution in [2.24, 2.45) is 5.92 Å². The molecule has 0 spiro atoms. The predicted molar refractivity (Wildman–Crippen MR) is 102 cm³/mol. The second-order valence-electron chi connectivity index (χ2n) is 6.28. The molecule has 1 aliphatic rings. The van der Waals surface area contributed by atoms with Crippen molar-refractivity contribution in [3.8, 4) is 5.75 Å². The van der Waals surface area contributed by atoms with Crippen LogP contribution in [0.2, 0.25) is 0 Å². The lowest BCUT2D eigenvalue weighted by Gasteiger charge is -2.32. The Morgan fingerprint density at radius 2 is 1.92 bits per heavy atom. The minimum Gasteiger partial charge on any atom is -0.494 e. The number of nitrogens with zero attached hydrogens (tertiary/aromatic N) is 2. The van der Waals surface area contributed by atoms with Crippen LogP contribution in [0.4, 0.5) is 5.82 Å². The van der Waals surface area contributed by atoms with Crippen molar-refractivity contribution in [2.75, 3.05) is 30.9 Å². The molecule has 24 heavy (non-hydrogen) atoms. The Kier molecular flexibility index (Phi) is 6.41. The molecule has 1 aromatic carbocycles. The number of hydrogen-bond donors (Lipinski definition) is 0. The minimum atomic E-state index is 0.819. The fourth-order valence-electron chi connectivity index (χ4n) is 3.23. The molecule has 0 atom stereocenters. The Morgan fingerprint density at radius 3 is 2.58 bits per heavy atom. The maximum absolute atomic E-state index is 5.86. The van der Waals surface area contributed by atoms with Gasteiger partial charge in [-0.2, -0.15) is 0 Å². The first kappa shape index (κ1) is 17.2. The fourth-order valence-corrected chi connectivity index (χ4v) is 3.63. The van der Waals surface area contributed by atoms with Crippen LogP contribution in [0.15, 0.2) is 53.6 Å². The summed E-state index contributed by atoms with van der Waals surface area (Å²) in [5, 5.41) is 0. The van der Waals surface area contributed by atoms with E-state index in [2.05, 4.69) is 52.5 Å². The van der Waals surface area contributed by atoms with Crippen LogP contribution < -0.4 is 9.64 Å². The molecule has 0 N–H and O–H groups in total. The molecule has 0 radical (unpaired) electrons. The molecule has 1 saturated heterocycles. The van der Waals surface area contributed by atoms with Crippen molar-refractivity contribution in [3.05, 3.63) is 48.7 Å². The zero-order valence-electron chi connectivity index (χ0n) is 14.4. The van der Waals surface area contributed by atoms with Crippen molar-refractivity contribution in [1.29, 1.82) is 0 Å². The summed E-state index contributed by atoms with van der Waals surface area (Å²) in [6.45, 7) is 3.07. The molecule has 0 saturated carbocycles. The molecule has 1 aromatic heterocycles. The second-order valence-corrected chi connectivity index (χ2v) is 7.16. The molecule has 1 fully saturated rings. The number of pyridine rings is 1. The fraction of sp³-hybridized carbons (Fsp3) is 0.450. The molecule has 0 amide bonds. The molecule has 2 heterocycles. The van der Waals surface area contributed by atoms with Crippen LogP contribution in [0.5, 0.6) is 5.75 Å². The van der Waals surface area contributed by atoms with Crippen molar-refractivity contribution in [2.45, 2.75) is 30.6 Å². The lowest BCUT2D eigenvalue weighted by atomic mass is 9.92. The van der Waals surface area contributed by atoms with E-state index in [-0.39, 0.29) is 0 Å². The summed E-state index contributed by atoms with van der Waals surface area (Å²) >= 11 is 1.76. The Bertz CT molecular complexity index is 595. The molecule has 0 bridgehead atoms. The topological polar surface area (TPSA) is 25.4 Å². The van der Waals surface area contributed by atoms with Gasteiger partial charge in [0.05, 0.1) is 6.61 Å². The number of aromatic nitrogens is 1. The maximum Gasteiger partial charge on any atom is 0.128 e. The van der Waals surface area contributed by atoms with Gasteiger partial charge in [0.2, 0.25) is 0 Å². The largest absolute Gasteiger partial charge is 0.494 e. The SMILES string of the molecule is CSc1ccc(OCCCC2CCN(c3ccccn3)CC2)cc1. The molecular weight excluding hydrogens is 316 g/mol. The summed E-state index contributed by atoms with van der Waals surface area (Å²) in [5.41, 5.74) is 0. The normalized spacial score (nSPS) is 15.5. The first-order valence-electron chi connectivity index (χ1n) is 8.78. The molecule has 1 aliphatic heterocycles. The third kappa shape index (κ3) is 4.91. The number of benzene rings is 1. The monoisotopic (exact) mass is 342 g/mol. The molecular formula is C20H26N2OS. The van der Waals surface area contributed by atoms with Gasteiger partial charge in [0.15, 0.2) is 0 Å². The summed E-state index contributed by atoms with van der Waals surface area (Å²) < 4.78 is 5.86. The second kappa shape index (κ2) is 8.97. The van der Waals surface area contributed by atoms with Crippen LogP contribution in [0.3, 0.4) is 0 Å². The highest BCUT2D eigenvalue weighted by molar-refractivity contribution is 7.98. The number of thioether (sulfide) groups is 1. The van der Waals surface area contributed by atoms with Crippen molar-refractivity contribution in [3.63, 3.8) is 0 Å². The van der Waals surface area contributed by atoms with Gasteiger partial charge in [-0.05, 0) is 74.3 Å². The lowest BCUT2D eigenvalue weighted by Crippen LogP contribution is -2.34. The van der Waals surface area contributed by atoms with Gasteiger partial charge >= 0.3 is 0 Å². The third-order valence-electron chi connectivity index (χ3n) is 4.67. The summed E-state index contributed by atoms with van der Waals surface area (Å²) in [4.78, 5) is 8.14. The van der Waals surface area contributed by atoms with E-state index >= 15 is 0 Å². The summed E-state index contributed by atoms with van der Waals surface area (Å²) in [6, 6.07) is 14.5. The predicted octanol–water partition coefficient (Wildman–Crippen LogP) is 4.88. The molecule has 3 nitrogen and oxygen atoms in total. The van der Waals surface area contributed by atoms with E-state index in [0.29, 0.717) is 0 Å². The number of hydrogen-bond acceptors (Lipinski definition) is 4. The van der Waals surface area contributed by atoms with Crippen LogP contribution >= 0.6 is 11.8 Å². The van der Waals surface area contributed by atoms with E-state index < -0.39 is 0 Å². The molecule has 2 aromatic rings. The van der Waals surface area contributed by atoms with Gasteiger partial charge in [-0.1, -0.05) is 6.07 Å². The Labute approximate surface area is 149 Å². The summed E-state index contributed by atoms with van der Waals surface area (Å²) in [5.74, 6) is 2.93. The van der Waals surface area contributed by atoms with Crippen LogP contribution in [0.25, 0.3) is 0 Å². The van der Waals surface area contributed by atoms with Crippen LogP contribution in [-0.4, -0.2) is 30.9 Å². The summed E-state index contributed by atoms with van der Waals surface area (Å²) in [6.07, 6.45) is 8.90. The van der Waals surface area contributed by atoms with Gasteiger partial charge < -0.3 is 9.64 Å². The number of anilines is 1. The number of piperidine rings is 1. The van der Waals surface area contributed by atoms with Crippen molar-refractivity contribution in [1.82, 2.24) is 4.98 Å². The first-order chi connectivity index (χ1) is 11.8. The zero-order valence-corrected chi connectivity index (χ0v) is 15.2. The van der Waals surface area contributed by atoms with Gasteiger partial charge in [0.25, 0.3) is 0 Å². The van der Waals surface area contributed by atoms with Gasteiger partial charge in [0.1, 0.15) is 11.6 Å². The van der Waals surface area contributed by atoms with Crippen LogP contribution in [0.1, 0.15) is 25.7 Å². The Hall–Kier alpha value is -1.68. The van der Waals surface area contributed by atoms with E-state index in [0.717, 1.165) is 43.6 Å². The van der Waals surface area contributed by atoms with Gasteiger partial charge in [-0.25, -0.2) is 4.98 Å². The van der Waals surface area contributed by atoms with Crippen LogP contribution in [0, 0.1) is 5.92 Å². The van der Waals surface area contributed by atoms with E-state index in [1.165, 1.54) is 24.2 Å². The van der Waals surface area contributed by atoms with Gasteiger partial charge in [-0.15, -0.1) is 11.8 Å². The molecule has 4 heteroatoms. The standard InChI is InChI=1S/C20H26N2OS/c1-24-19-9-7-18(8-10-19)23-16-4-5-17-11-14-22(15-12-17)20-6-2-3-13-21-20/h2-3,6-10,13,17H,4-5,11-12,14-16H2,1H3. The van der Waals surface area contributed by atoms with E-state index in [9.17, 15) is 0 Å². The number of ether oxygens (including phenoxy) is 1. The Balaban J connectivity index is 1.33. The highest BCUT2D eigenvalue weighted by Gasteiger charge is 2.19. The highest BCUT2D eigenvalue weighted by atomic mass is 32.2. The lowest BCUT2D eigenvalue weighted by molar-refractivity contribution is 0.279. The average molecular weight is 343 g/mol. The quantitative estimate of drug-likeness (QED) is 0.529. The highest BCUT2D eigenvalue weighted by Crippen LogP contribution is 2.25. The summed E-state index contributed by atoms with van der Waals surface area (Å²) in [7, 11) is 0. The van der Waals surface area contributed by atoms with Crippen molar-refractivity contribution < 1.29 is 4.74 Å². The zero-order chi connectivity index (χ0) is 16.6. The third-order valence-corrected chi connectivity index (χ3v) is 5.42. The van der Waals surface area contributed by atoms with E-state index in [1.807, 2.05) is 12.3 Å². The van der Waals surface area contributed by atoms with Crippen LogP contribution in [-0.2, 0) is 0 Å². The Morgan fingerprint density at radius 1 is 1.12 bits per heavy atom. The molecule has 0 aliphatic carbocycles.